The Morgan fingerprint density at radius 3 is 2.83 bits per heavy atom. The molecule has 2 saturated heterocycles. The van der Waals surface area contributed by atoms with Crippen molar-refractivity contribution >= 4 is 11.8 Å². The highest BCUT2D eigenvalue weighted by atomic mass is 16.2. The van der Waals surface area contributed by atoms with E-state index >= 15 is 0 Å². The molecule has 1 aromatic rings. The molecule has 0 aromatic heterocycles. The second-order valence-corrected chi connectivity index (χ2v) is 7.06. The topological polar surface area (TPSA) is 52.7 Å². The normalized spacial score (nSPS) is 22.0. The predicted molar refractivity (Wildman–Crippen MR) is 93.2 cm³/mol. The average molecular weight is 329 g/mol. The summed E-state index contributed by atoms with van der Waals surface area (Å²) in [5.74, 6) is 0.506. The van der Waals surface area contributed by atoms with Crippen molar-refractivity contribution in [3.63, 3.8) is 0 Å². The smallest absolute Gasteiger partial charge is 0.224 e. The van der Waals surface area contributed by atoms with E-state index < -0.39 is 0 Å². The van der Waals surface area contributed by atoms with E-state index in [-0.39, 0.29) is 17.7 Å². The lowest BCUT2D eigenvalue weighted by molar-refractivity contribution is -0.128. The minimum atomic E-state index is 0.106. The van der Waals surface area contributed by atoms with Gasteiger partial charge in [-0.05, 0) is 44.0 Å². The third-order valence-electron chi connectivity index (χ3n) is 5.00. The SMILES string of the molecule is CN1CCC[C@H](C(=O)NCc2cccc(CN3CCCC3=O)c2)C1. The number of carbonyl (C=O) groups is 2. The third kappa shape index (κ3) is 4.35. The number of piperidine rings is 1. The molecule has 0 unspecified atom stereocenters. The van der Waals surface area contributed by atoms with Crippen LogP contribution in [0.4, 0.5) is 0 Å². The molecule has 0 spiro atoms. The summed E-state index contributed by atoms with van der Waals surface area (Å²) < 4.78 is 0. The lowest BCUT2D eigenvalue weighted by Gasteiger charge is -2.28. The van der Waals surface area contributed by atoms with Gasteiger partial charge in [-0.15, -0.1) is 0 Å². The first kappa shape index (κ1) is 17.0. The summed E-state index contributed by atoms with van der Waals surface area (Å²) in [5.41, 5.74) is 2.23. The van der Waals surface area contributed by atoms with Gasteiger partial charge in [-0.2, -0.15) is 0 Å². The summed E-state index contributed by atoms with van der Waals surface area (Å²) in [6, 6.07) is 8.18. The van der Waals surface area contributed by atoms with Gasteiger partial charge in [0.1, 0.15) is 0 Å². The molecule has 5 nitrogen and oxygen atoms in total. The van der Waals surface area contributed by atoms with Gasteiger partial charge >= 0.3 is 0 Å². The van der Waals surface area contributed by atoms with Crippen molar-refractivity contribution < 1.29 is 9.59 Å². The maximum Gasteiger partial charge on any atom is 0.224 e. The quantitative estimate of drug-likeness (QED) is 0.896. The molecule has 5 heteroatoms. The molecule has 0 saturated carbocycles. The summed E-state index contributed by atoms with van der Waals surface area (Å²) in [4.78, 5) is 28.2. The van der Waals surface area contributed by atoms with E-state index in [0.29, 0.717) is 19.5 Å². The van der Waals surface area contributed by atoms with E-state index in [1.807, 2.05) is 23.1 Å². The number of benzene rings is 1. The lowest BCUT2D eigenvalue weighted by Crippen LogP contribution is -2.41. The summed E-state index contributed by atoms with van der Waals surface area (Å²) >= 11 is 0. The maximum atomic E-state index is 12.3. The molecule has 130 valence electrons. The van der Waals surface area contributed by atoms with E-state index in [2.05, 4.69) is 23.3 Å². The monoisotopic (exact) mass is 329 g/mol. The van der Waals surface area contributed by atoms with Gasteiger partial charge in [0.15, 0.2) is 0 Å². The van der Waals surface area contributed by atoms with Gasteiger partial charge in [0, 0.05) is 32.6 Å². The molecule has 1 N–H and O–H groups in total. The number of amides is 2. The molecule has 2 fully saturated rings. The van der Waals surface area contributed by atoms with Crippen molar-refractivity contribution in [3.05, 3.63) is 35.4 Å². The molecule has 0 aliphatic carbocycles. The Morgan fingerprint density at radius 2 is 2.08 bits per heavy atom. The second-order valence-electron chi connectivity index (χ2n) is 7.06. The fourth-order valence-corrected chi connectivity index (χ4v) is 3.64. The van der Waals surface area contributed by atoms with Crippen LogP contribution in [0.2, 0.25) is 0 Å². The highest BCUT2D eigenvalue weighted by Gasteiger charge is 2.23. The van der Waals surface area contributed by atoms with Gasteiger partial charge in [0.2, 0.25) is 11.8 Å². The van der Waals surface area contributed by atoms with Crippen LogP contribution in [0.15, 0.2) is 24.3 Å². The Bertz CT molecular complexity index is 602. The average Bonchev–Trinajstić information content (AvgIpc) is 2.98. The molecular weight excluding hydrogens is 302 g/mol. The second kappa shape index (κ2) is 7.79. The first-order valence-electron chi connectivity index (χ1n) is 8.93. The van der Waals surface area contributed by atoms with Gasteiger partial charge in [0.25, 0.3) is 0 Å². The zero-order valence-corrected chi connectivity index (χ0v) is 14.5. The summed E-state index contributed by atoms with van der Waals surface area (Å²) in [7, 11) is 2.07. The van der Waals surface area contributed by atoms with Crippen LogP contribution in [0.1, 0.15) is 36.8 Å². The van der Waals surface area contributed by atoms with Crippen molar-refractivity contribution in [2.24, 2.45) is 5.92 Å². The van der Waals surface area contributed by atoms with Gasteiger partial charge < -0.3 is 15.1 Å². The summed E-state index contributed by atoms with van der Waals surface area (Å²) in [5, 5.41) is 3.07. The largest absolute Gasteiger partial charge is 0.352 e. The fourth-order valence-electron chi connectivity index (χ4n) is 3.64. The standard InChI is InChI=1S/C19H27N3O2/c1-21-9-3-7-17(14-21)19(24)20-12-15-5-2-6-16(11-15)13-22-10-4-8-18(22)23/h2,5-6,11,17H,3-4,7-10,12-14H2,1H3,(H,20,24)/t17-/m0/s1. The molecule has 0 radical (unpaired) electrons. The lowest BCUT2D eigenvalue weighted by atomic mass is 9.97. The molecule has 2 aliphatic rings. The number of likely N-dealkylation sites (tertiary alicyclic amines) is 2. The van der Waals surface area contributed by atoms with Crippen LogP contribution >= 0.6 is 0 Å². The first-order chi connectivity index (χ1) is 11.6. The summed E-state index contributed by atoms with van der Waals surface area (Å²) in [6.07, 6.45) is 3.71. The van der Waals surface area contributed by atoms with Crippen LogP contribution in [0.5, 0.6) is 0 Å². The van der Waals surface area contributed by atoms with Crippen LogP contribution in [-0.4, -0.2) is 48.3 Å². The van der Waals surface area contributed by atoms with E-state index in [9.17, 15) is 9.59 Å². The number of carbonyl (C=O) groups excluding carboxylic acids is 2. The molecular formula is C19H27N3O2. The highest BCUT2D eigenvalue weighted by Crippen LogP contribution is 2.17. The van der Waals surface area contributed by atoms with Crippen LogP contribution in [-0.2, 0) is 22.7 Å². The minimum Gasteiger partial charge on any atom is -0.352 e. The Morgan fingerprint density at radius 1 is 1.25 bits per heavy atom. The van der Waals surface area contributed by atoms with Gasteiger partial charge in [0.05, 0.1) is 5.92 Å². The molecule has 0 bridgehead atoms. The van der Waals surface area contributed by atoms with Crippen LogP contribution in [0, 0.1) is 5.92 Å². The van der Waals surface area contributed by atoms with Crippen molar-refractivity contribution in [3.8, 4) is 0 Å². The fraction of sp³-hybridized carbons (Fsp3) is 0.579. The Kier molecular flexibility index (Phi) is 5.51. The van der Waals surface area contributed by atoms with Crippen LogP contribution < -0.4 is 5.32 Å². The van der Waals surface area contributed by atoms with E-state index in [1.165, 1.54) is 0 Å². The Balaban J connectivity index is 1.52. The Hall–Kier alpha value is -1.88. The van der Waals surface area contributed by atoms with Crippen LogP contribution in [0.25, 0.3) is 0 Å². The first-order valence-corrected chi connectivity index (χ1v) is 8.93. The van der Waals surface area contributed by atoms with Crippen molar-refractivity contribution in [1.29, 1.82) is 0 Å². The van der Waals surface area contributed by atoms with Crippen LogP contribution in [0.3, 0.4) is 0 Å². The third-order valence-corrected chi connectivity index (χ3v) is 5.00. The highest BCUT2D eigenvalue weighted by molar-refractivity contribution is 5.79. The zero-order valence-electron chi connectivity index (χ0n) is 14.5. The number of hydrogen-bond acceptors (Lipinski definition) is 3. The molecule has 1 aromatic carbocycles. The molecule has 24 heavy (non-hydrogen) atoms. The zero-order chi connectivity index (χ0) is 16.9. The van der Waals surface area contributed by atoms with E-state index in [0.717, 1.165) is 50.0 Å². The van der Waals surface area contributed by atoms with Crippen molar-refractivity contribution in [1.82, 2.24) is 15.1 Å². The summed E-state index contributed by atoms with van der Waals surface area (Å²) in [6.45, 7) is 4.02. The molecule has 1 atom stereocenters. The van der Waals surface area contributed by atoms with Gasteiger partial charge in [-0.1, -0.05) is 24.3 Å². The molecule has 3 rings (SSSR count). The Labute approximate surface area is 144 Å². The number of nitrogens with one attached hydrogen (secondary N) is 1. The molecule has 2 amide bonds. The predicted octanol–water partition coefficient (Wildman–Crippen LogP) is 1.77. The maximum absolute atomic E-state index is 12.3. The van der Waals surface area contributed by atoms with Gasteiger partial charge in [-0.25, -0.2) is 0 Å². The molecule has 2 aliphatic heterocycles. The van der Waals surface area contributed by atoms with E-state index in [1.54, 1.807) is 0 Å². The number of nitrogens with zero attached hydrogens (tertiary/aromatic N) is 2. The number of rotatable bonds is 5. The van der Waals surface area contributed by atoms with Crippen molar-refractivity contribution in [2.75, 3.05) is 26.7 Å². The minimum absolute atomic E-state index is 0.106. The van der Waals surface area contributed by atoms with E-state index in [4.69, 9.17) is 0 Å². The van der Waals surface area contributed by atoms with Crippen molar-refractivity contribution in [2.45, 2.75) is 38.8 Å². The van der Waals surface area contributed by atoms with Gasteiger partial charge in [-0.3, -0.25) is 9.59 Å². The molecule has 2 heterocycles. The number of hydrogen-bond donors (Lipinski definition) is 1.